The second-order valence-corrected chi connectivity index (χ2v) is 15.8. The number of rotatable bonds is 42. The van der Waals surface area contributed by atoms with Crippen LogP contribution in [0.4, 0.5) is 11.5 Å². The van der Waals surface area contributed by atoms with E-state index in [4.69, 9.17) is 63.1 Å². The summed E-state index contributed by atoms with van der Waals surface area (Å²) in [5.41, 5.74) is 10.4. The molecule has 0 spiro atoms. The maximum Gasteiger partial charge on any atom is 0.195 e. The molecule has 0 saturated heterocycles. The van der Waals surface area contributed by atoms with Gasteiger partial charge in [-0.05, 0) is 50.5 Å². The topological polar surface area (TPSA) is 226 Å². The quantitative estimate of drug-likeness (QED) is 0.0288. The Bertz CT molecular complexity index is 2060. The minimum Gasteiger partial charge on any atom is -0.382 e. The molecule has 382 valence electrons. The van der Waals surface area contributed by atoms with Gasteiger partial charge in [0.25, 0.3) is 0 Å². The number of pyridine rings is 1. The zero-order valence-corrected chi connectivity index (χ0v) is 40.9. The van der Waals surface area contributed by atoms with Crippen LogP contribution >= 0.6 is 0 Å². The van der Waals surface area contributed by atoms with Gasteiger partial charge >= 0.3 is 0 Å². The number of nitrogens with one attached hydrogen (secondary N) is 2. The highest BCUT2D eigenvalue weighted by Crippen LogP contribution is 2.29. The van der Waals surface area contributed by atoms with Gasteiger partial charge in [0.2, 0.25) is 0 Å². The number of aliphatic imine (C=N–C) groups is 1. The molecule has 2 heterocycles. The number of guanidine groups is 1. The van der Waals surface area contributed by atoms with E-state index in [1.165, 1.54) is 0 Å². The predicted octanol–water partition coefficient (Wildman–Crippen LogP) is 5.36. The number of Topliss-reactive ketones (excluding diaryl/α,β-unsaturated/α-hetero) is 1. The fraction of sp³-hybridized carbons (Fsp3) is 0.620. The molecule has 0 unspecified atom stereocenters. The van der Waals surface area contributed by atoms with Gasteiger partial charge in [-0.25, -0.2) is 9.97 Å². The Morgan fingerprint density at radius 3 is 1.75 bits per heavy atom. The number of nitrogens with two attached hydrogens (primary N) is 1. The van der Waals surface area contributed by atoms with E-state index < -0.39 is 0 Å². The first-order chi connectivity index (χ1) is 34.0. The normalized spacial score (nSPS) is 11.8. The fourth-order valence-electron chi connectivity index (χ4n) is 6.73. The standard InChI is InChI=1S/C50H76N8O11/c1-3-4-14-46-57-47-48(44-12-5-6-13-45(44)56-49(47)52)58(46)18-8-7-16-53-50(55-43-11-9-10-42(39-43)40-51)54-17-20-61-22-24-63-26-28-65-30-32-67-34-36-69-38-37-68-35-33-66-31-29-64-27-25-62-23-21-60-19-15-41(2)59/h5-6,9-13,39H,3-4,7-8,14-38H2,1-2H3,(H2,52,56)(H2,53,54,55). The van der Waals surface area contributed by atoms with Crippen molar-refractivity contribution in [1.82, 2.24) is 19.9 Å². The number of aryl methyl sites for hydroxylation is 2. The molecular formula is C50H76N8O11. The minimum atomic E-state index is 0.120. The number of carbonyl (C=O) groups is 1. The van der Waals surface area contributed by atoms with Crippen molar-refractivity contribution in [3.63, 3.8) is 0 Å². The molecule has 0 fully saturated rings. The first-order valence-corrected chi connectivity index (χ1v) is 24.4. The highest BCUT2D eigenvalue weighted by atomic mass is 16.6. The summed E-state index contributed by atoms with van der Waals surface area (Å²) in [4.78, 5) is 25.3. The van der Waals surface area contributed by atoms with Crippen LogP contribution in [0.1, 0.15) is 57.3 Å². The number of hydrogen-bond acceptors (Lipinski definition) is 16. The number of unbranched alkanes of at least 4 members (excludes halogenated alkanes) is 2. The van der Waals surface area contributed by atoms with Gasteiger partial charge in [-0.15, -0.1) is 0 Å². The molecule has 4 aromatic rings. The molecule has 4 N–H and O–H groups in total. The number of ether oxygens (including phenoxy) is 10. The summed E-state index contributed by atoms with van der Waals surface area (Å²) in [7, 11) is 0. The number of benzene rings is 2. The molecule has 0 aliphatic rings. The summed E-state index contributed by atoms with van der Waals surface area (Å²) >= 11 is 0. The SMILES string of the molecule is CCCCc1nc2c(N)nc3ccccc3c2n1CCCCN=C(NCCOCCOCCOCCOCCOCCOCCOCCOCCOCCOCCC(C)=O)Nc1cccc(C#N)c1. The van der Waals surface area contributed by atoms with Crippen LogP contribution < -0.4 is 16.4 Å². The summed E-state index contributed by atoms with van der Waals surface area (Å²) < 4.78 is 57.6. The molecule has 0 aliphatic carbocycles. The van der Waals surface area contributed by atoms with Crippen molar-refractivity contribution in [2.75, 3.05) is 156 Å². The number of nitrogens with zero attached hydrogens (tertiary/aromatic N) is 5. The largest absolute Gasteiger partial charge is 0.382 e. The first kappa shape index (κ1) is 56.7. The number of para-hydroxylation sites is 1. The highest BCUT2D eigenvalue weighted by Gasteiger charge is 2.17. The third-order valence-electron chi connectivity index (χ3n) is 10.2. The molecule has 0 saturated carbocycles. The first-order valence-electron chi connectivity index (χ1n) is 24.4. The summed E-state index contributed by atoms with van der Waals surface area (Å²) in [6.07, 6.45) is 5.20. The van der Waals surface area contributed by atoms with E-state index in [0.717, 1.165) is 72.1 Å². The summed E-state index contributed by atoms with van der Waals surface area (Å²) in [5, 5.41) is 17.2. The molecule has 19 heteroatoms. The van der Waals surface area contributed by atoms with Crippen molar-refractivity contribution in [1.29, 1.82) is 5.26 Å². The molecule has 2 aromatic carbocycles. The summed E-state index contributed by atoms with van der Waals surface area (Å²) in [5.74, 6) is 2.24. The van der Waals surface area contributed by atoms with Crippen molar-refractivity contribution in [2.24, 2.45) is 4.99 Å². The third kappa shape index (κ3) is 24.5. The highest BCUT2D eigenvalue weighted by molar-refractivity contribution is 6.06. The maximum atomic E-state index is 10.8. The van der Waals surface area contributed by atoms with E-state index in [9.17, 15) is 10.1 Å². The lowest BCUT2D eigenvalue weighted by atomic mass is 10.2. The van der Waals surface area contributed by atoms with Crippen LogP contribution in [0.3, 0.4) is 0 Å². The molecule has 2 aromatic heterocycles. The van der Waals surface area contributed by atoms with Gasteiger partial charge in [0.05, 0.1) is 155 Å². The Morgan fingerprint density at radius 1 is 0.681 bits per heavy atom. The molecule has 19 nitrogen and oxygen atoms in total. The monoisotopic (exact) mass is 965 g/mol. The Hall–Kier alpha value is -4.85. The number of anilines is 2. The van der Waals surface area contributed by atoms with Gasteiger partial charge in [0, 0.05) is 43.5 Å². The molecule has 0 amide bonds. The van der Waals surface area contributed by atoms with Crippen LogP contribution in [0.5, 0.6) is 0 Å². The van der Waals surface area contributed by atoms with Crippen LogP contribution in [0, 0.1) is 11.3 Å². The third-order valence-corrected chi connectivity index (χ3v) is 10.2. The number of ketones is 1. The second-order valence-electron chi connectivity index (χ2n) is 15.8. The van der Waals surface area contributed by atoms with Gasteiger partial charge in [-0.3, -0.25) is 9.79 Å². The van der Waals surface area contributed by atoms with Gasteiger partial charge in [-0.1, -0.05) is 37.6 Å². The van der Waals surface area contributed by atoms with Crippen LogP contribution in [-0.4, -0.2) is 172 Å². The molecule has 0 aliphatic heterocycles. The Labute approximate surface area is 407 Å². The van der Waals surface area contributed by atoms with Crippen LogP contribution in [0.2, 0.25) is 0 Å². The van der Waals surface area contributed by atoms with E-state index in [0.29, 0.717) is 169 Å². The zero-order chi connectivity index (χ0) is 48.8. The Kier molecular flexibility index (Phi) is 30.5. The maximum absolute atomic E-state index is 10.8. The lowest BCUT2D eigenvalue weighted by Gasteiger charge is -2.14. The van der Waals surface area contributed by atoms with Gasteiger partial charge in [0.1, 0.15) is 17.1 Å². The lowest BCUT2D eigenvalue weighted by molar-refractivity contribution is -0.118. The van der Waals surface area contributed by atoms with Crippen LogP contribution in [0.15, 0.2) is 53.5 Å². The summed E-state index contributed by atoms with van der Waals surface area (Å²) in [6.45, 7) is 15.1. The number of nitrogen functional groups attached to an aromatic ring is 1. The fourth-order valence-corrected chi connectivity index (χ4v) is 6.73. The van der Waals surface area contributed by atoms with Crippen molar-refractivity contribution in [2.45, 2.75) is 58.9 Å². The smallest absolute Gasteiger partial charge is 0.195 e. The van der Waals surface area contributed by atoms with Crippen molar-refractivity contribution in [3.8, 4) is 6.07 Å². The molecule has 0 bridgehead atoms. The molecule has 69 heavy (non-hydrogen) atoms. The van der Waals surface area contributed by atoms with E-state index in [1.807, 2.05) is 30.3 Å². The molecule has 4 rings (SSSR count). The number of fused-ring (bicyclic) bond motifs is 3. The van der Waals surface area contributed by atoms with Crippen molar-refractivity contribution < 1.29 is 52.2 Å². The van der Waals surface area contributed by atoms with Gasteiger partial charge < -0.3 is 68.3 Å². The van der Waals surface area contributed by atoms with Gasteiger partial charge in [0.15, 0.2) is 11.8 Å². The Morgan fingerprint density at radius 2 is 1.22 bits per heavy atom. The number of aromatic nitrogens is 3. The van der Waals surface area contributed by atoms with Gasteiger partial charge in [-0.2, -0.15) is 5.26 Å². The van der Waals surface area contributed by atoms with E-state index in [-0.39, 0.29) is 5.78 Å². The zero-order valence-electron chi connectivity index (χ0n) is 40.9. The van der Waals surface area contributed by atoms with Crippen LogP contribution in [0.25, 0.3) is 21.9 Å². The number of imidazole rings is 1. The number of carbonyl (C=O) groups excluding carboxylic acids is 1. The number of nitriles is 1. The molecule has 0 atom stereocenters. The molecular weight excluding hydrogens is 889 g/mol. The predicted molar refractivity (Wildman–Crippen MR) is 266 cm³/mol. The Balaban J connectivity index is 0.966. The lowest BCUT2D eigenvalue weighted by Crippen LogP contribution is -2.34. The average molecular weight is 965 g/mol. The number of hydrogen-bond donors (Lipinski definition) is 3. The summed E-state index contributed by atoms with van der Waals surface area (Å²) in [6, 6.07) is 17.6. The van der Waals surface area contributed by atoms with Crippen molar-refractivity contribution >= 4 is 45.2 Å². The molecule has 0 radical (unpaired) electrons. The minimum absolute atomic E-state index is 0.120. The van der Waals surface area contributed by atoms with E-state index in [2.05, 4.69) is 39.2 Å². The van der Waals surface area contributed by atoms with E-state index in [1.54, 1.807) is 19.1 Å². The van der Waals surface area contributed by atoms with Crippen molar-refractivity contribution in [3.05, 3.63) is 59.9 Å². The second kappa shape index (κ2) is 37.0. The van der Waals surface area contributed by atoms with Crippen LogP contribution in [-0.2, 0) is 65.1 Å². The van der Waals surface area contributed by atoms with E-state index >= 15 is 0 Å². The average Bonchev–Trinajstić information content (AvgIpc) is 3.73.